The molecule has 2 heterocycles. The van der Waals surface area contributed by atoms with Gasteiger partial charge in [0.05, 0.1) is 6.61 Å². The molecular formula is C19H27N3O. The number of rotatable bonds is 3. The lowest BCUT2D eigenvalue weighted by molar-refractivity contribution is 0.156. The van der Waals surface area contributed by atoms with Gasteiger partial charge in [-0.1, -0.05) is 30.3 Å². The molecule has 2 saturated heterocycles. The standard InChI is InChI=1S/C19H27N3O/c1-20-18(22-9-7-19(13-22)8-10-23-14-19)21-12-16-11-17(16)15-5-3-2-4-6-15/h2-6,16-17H,7-14H2,1H3,(H,20,21). The Bertz CT molecular complexity index is 565. The minimum atomic E-state index is 0.393. The summed E-state index contributed by atoms with van der Waals surface area (Å²) in [4.78, 5) is 6.94. The van der Waals surface area contributed by atoms with Crippen LogP contribution < -0.4 is 5.32 Å². The van der Waals surface area contributed by atoms with Gasteiger partial charge in [-0.2, -0.15) is 0 Å². The van der Waals surface area contributed by atoms with Crippen molar-refractivity contribution < 1.29 is 4.74 Å². The molecule has 1 N–H and O–H groups in total. The quantitative estimate of drug-likeness (QED) is 0.688. The minimum Gasteiger partial charge on any atom is -0.381 e. The maximum Gasteiger partial charge on any atom is 0.193 e. The van der Waals surface area contributed by atoms with E-state index in [1.165, 1.54) is 24.8 Å². The number of benzene rings is 1. The first-order valence-corrected chi connectivity index (χ1v) is 8.88. The van der Waals surface area contributed by atoms with Crippen LogP contribution in [0.4, 0.5) is 0 Å². The molecule has 3 aliphatic rings. The number of guanidine groups is 1. The van der Waals surface area contributed by atoms with Crippen LogP contribution in [0.25, 0.3) is 0 Å². The molecule has 4 heteroatoms. The summed E-state index contributed by atoms with van der Waals surface area (Å²) in [5.41, 5.74) is 1.88. The van der Waals surface area contributed by atoms with Gasteiger partial charge in [-0.05, 0) is 36.7 Å². The van der Waals surface area contributed by atoms with Crippen molar-refractivity contribution in [3.63, 3.8) is 0 Å². The van der Waals surface area contributed by atoms with Gasteiger partial charge in [0, 0.05) is 38.7 Å². The van der Waals surface area contributed by atoms with E-state index in [9.17, 15) is 0 Å². The van der Waals surface area contributed by atoms with Crippen LogP contribution in [0.3, 0.4) is 0 Å². The average molecular weight is 313 g/mol. The Labute approximate surface area is 138 Å². The Hall–Kier alpha value is -1.55. The van der Waals surface area contributed by atoms with E-state index in [0.29, 0.717) is 5.41 Å². The molecule has 23 heavy (non-hydrogen) atoms. The Morgan fingerprint density at radius 1 is 1.35 bits per heavy atom. The minimum absolute atomic E-state index is 0.393. The van der Waals surface area contributed by atoms with E-state index in [-0.39, 0.29) is 0 Å². The summed E-state index contributed by atoms with van der Waals surface area (Å²) < 4.78 is 5.63. The van der Waals surface area contributed by atoms with Gasteiger partial charge in [0.1, 0.15) is 0 Å². The number of hydrogen-bond acceptors (Lipinski definition) is 2. The molecule has 0 aromatic heterocycles. The molecule has 4 rings (SSSR count). The normalized spacial score (nSPS) is 33.4. The molecule has 0 radical (unpaired) electrons. The van der Waals surface area contributed by atoms with Crippen LogP contribution in [-0.4, -0.2) is 50.8 Å². The molecule has 1 aromatic rings. The Balaban J connectivity index is 1.29. The smallest absolute Gasteiger partial charge is 0.193 e. The fourth-order valence-electron chi connectivity index (χ4n) is 4.22. The number of ether oxygens (including phenoxy) is 1. The summed E-state index contributed by atoms with van der Waals surface area (Å²) in [6.07, 6.45) is 3.74. The summed E-state index contributed by atoms with van der Waals surface area (Å²) in [6.45, 7) is 5.10. The molecule has 3 fully saturated rings. The highest BCUT2D eigenvalue weighted by Crippen LogP contribution is 2.46. The fourth-order valence-corrected chi connectivity index (χ4v) is 4.22. The Morgan fingerprint density at radius 2 is 2.22 bits per heavy atom. The van der Waals surface area contributed by atoms with Gasteiger partial charge in [0.2, 0.25) is 0 Å². The molecule has 0 amide bonds. The van der Waals surface area contributed by atoms with Crippen molar-refractivity contribution in [2.75, 3.05) is 39.9 Å². The summed E-state index contributed by atoms with van der Waals surface area (Å²) in [5.74, 6) is 2.56. The molecule has 1 aliphatic carbocycles. The van der Waals surface area contributed by atoms with Gasteiger partial charge >= 0.3 is 0 Å². The van der Waals surface area contributed by atoms with E-state index < -0.39 is 0 Å². The van der Waals surface area contributed by atoms with E-state index >= 15 is 0 Å². The lowest BCUT2D eigenvalue weighted by Gasteiger charge is -2.25. The maximum absolute atomic E-state index is 5.63. The zero-order valence-electron chi connectivity index (χ0n) is 14.0. The molecule has 4 nitrogen and oxygen atoms in total. The number of nitrogens with one attached hydrogen (secondary N) is 1. The van der Waals surface area contributed by atoms with E-state index in [2.05, 4.69) is 45.5 Å². The van der Waals surface area contributed by atoms with Crippen molar-refractivity contribution in [1.29, 1.82) is 0 Å². The van der Waals surface area contributed by atoms with Crippen molar-refractivity contribution in [3.8, 4) is 0 Å². The molecule has 2 aliphatic heterocycles. The van der Waals surface area contributed by atoms with Gasteiger partial charge in [0.15, 0.2) is 5.96 Å². The van der Waals surface area contributed by atoms with Crippen molar-refractivity contribution in [3.05, 3.63) is 35.9 Å². The average Bonchev–Trinajstić information content (AvgIpc) is 3.03. The predicted octanol–water partition coefficient (Wildman–Crippen LogP) is 2.48. The van der Waals surface area contributed by atoms with E-state index in [4.69, 9.17) is 4.74 Å². The number of aliphatic imine (C=N–C) groups is 1. The van der Waals surface area contributed by atoms with Gasteiger partial charge in [-0.15, -0.1) is 0 Å². The molecule has 1 saturated carbocycles. The Kier molecular flexibility index (Phi) is 4.02. The SMILES string of the molecule is CN=C(NCC1CC1c1ccccc1)N1CCC2(CCOC2)C1. The molecule has 3 atom stereocenters. The highest BCUT2D eigenvalue weighted by Gasteiger charge is 2.43. The van der Waals surface area contributed by atoms with Crippen LogP contribution in [0, 0.1) is 11.3 Å². The third-order valence-electron chi connectivity index (χ3n) is 5.81. The second-order valence-corrected chi connectivity index (χ2v) is 7.42. The first-order valence-electron chi connectivity index (χ1n) is 8.88. The lowest BCUT2D eigenvalue weighted by Crippen LogP contribution is -2.42. The zero-order chi connectivity index (χ0) is 15.7. The molecule has 124 valence electrons. The van der Waals surface area contributed by atoms with Gasteiger partial charge < -0.3 is 15.0 Å². The van der Waals surface area contributed by atoms with Crippen molar-refractivity contribution in [2.24, 2.45) is 16.3 Å². The van der Waals surface area contributed by atoms with Crippen molar-refractivity contribution in [1.82, 2.24) is 10.2 Å². The maximum atomic E-state index is 5.63. The predicted molar refractivity (Wildman–Crippen MR) is 92.7 cm³/mol. The second-order valence-electron chi connectivity index (χ2n) is 7.42. The van der Waals surface area contributed by atoms with Crippen LogP contribution in [0.1, 0.15) is 30.7 Å². The highest BCUT2D eigenvalue weighted by atomic mass is 16.5. The summed E-state index contributed by atoms with van der Waals surface area (Å²) in [7, 11) is 1.90. The second kappa shape index (κ2) is 6.16. The molecule has 1 spiro atoms. The van der Waals surface area contributed by atoms with E-state index in [1.54, 1.807) is 0 Å². The van der Waals surface area contributed by atoms with E-state index in [0.717, 1.165) is 50.6 Å². The van der Waals surface area contributed by atoms with Crippen LogP contribution in [0.2, 0.25) is 0 Å². The largest absolute Gasteiger partial charge is 0.381 e. The third kappa shape index (κ3) is 3.09. The van der Waals surface area contributed by atoms with Crippen molar-refractivity contribution >= 4 is 5.96 Å². The van der Waals surface area contributed by atoms with Gasteiger partial charge in [-0.25, -0.2) is 0 Å². The fraction of sp³-hybridized carbons (Fsp3) is 0.632. The lowest BCUT2D eigenvalue weighted by atomic mass is 9.87. The Morgan fingerprint density at radius 3 is 2.96 bits per heavy atom. The first-order chi connectivity index (χ1) is 11.3. The molecule has 3 unspecified atom stereocenters. The number of likely N-dealkylation sites (tertiary alicyclic amines) is 1. The summed E-state index contributed by atoms with van der Waals surface area (Å²) in [6, 6.07) is 10.9. The third-order valence-corrected chi connectivity index (χ3v) is 5.81. The van der Waals surface area contributed by atoms with Gasteiger partial charge in [-0.3, -0.25) is 4.99 Å². The topological polar surface area (TPSA) is 36.9 Å². The summed E-state index contributed by atoms with van der Waals surface area (Å²) >= 11 is 0. The summed E-state index contributed by atoms with van der Waals surface area (Å²) in [5, 5.41) is 3.61. The molecule has 1 aromatic carbocycles. The van der Waals surface area contributed by atoms with Gasteiger partial charge in [0.25, 0.3) is 0 Å². The molecular weight excluding hydrogens is 286 g/mol. The molecule has 0 bridgehead atoms. The number of hydrogen-bond donors (Lipinski definition) is 1. The van der Waals surface area contributed by atoms with E-state index in [1.807, 2.05) is 7.05 Å². The van der Waals surface area contributed by atoms with Crippen molar-refractivity contribution in [2.45, 2.75) is 25.2 Å². The number of nitrogens with zero attached hydrogens (tertiary/aromatic N) is 2. The van der Waals surface area contributed by atoms with Crippen LogP contribution in [-0.2, 0) is 4.74 Å². The monoisotopic (exact) mass is 313 g/mol. The van der Waals surface area contributed by atoms with Crippen LogP contribution in [0.5, 0.6) is 0 Å². The zero-order valence-corrected chi connectivity index (χ0v) is 14.0. The van der Waals surface area contributed by atoms with Crippen LogP contribution >= 0.6 is 0 Å². The highest BCUT2D eigenvalue weighted by molar-refractivity contribution is 5.80. The van der Waals surface area contributed by atoms with Crippen LogP contribution in [0.15, 0.2) is 35.3 Å². The first kappa shape index (κ1) is 15.0.